The van der Waals surface area contributed by atoms with Crippen LogP contribution in [0.1, 0.15) is 58.3 Å². The van der Waals surface area contributed by atoms with Crippen molar-refractivity contribution in [3.05, 3.63) is 30.1 Å². The van der Waals surface area contributed by atoms with Gasteiger partial charge in [0.1, 0.15) is 17.7 Å². The Hall–Kier alpha value is -1.82. The van der Waals surface area contributed by atoms with Gasteiger partial charge in [-0.15, -0.1) is 0 Å². The number of unbranched alkanes of at least 4 members (excludes halogenated alkanes) is 1. The second-order valence-corrected chi connectivity index (χ2v) is 8.22. The Morgan fingerprint density at radius 2 is 1.97 bits per heavy atom. The number of hydrogen-bond acceptors (Lipinski definition) is 4. The van der Waals surface area contributed by atoms with Gasteiger partial charge in [0.05, 0.1) is 6.61 Å². The molecule has 3 atom stereocenters. The highest BCUT2D eigenvalue weighted by Crippen LogP contribution is 2.37. The van der Waals surface area contributed by atoms with E-state index in [1.165, 1.54) is 31.4 Å². The average molecular weight is 407 g/mol. The monoisotopic (exact) mass is 406 g/mol. The molecule has 2 aliphatic rings. The van der Waals surface area contributed by atoms with Crippen molar-refractivity contribution >= 4 is 6.09 Å². The van der Waals surface area contributed by atoms with E-state index in [0.717, 1.165) is 45.2 Å². The first kappa shape index (κ1) is 21.9. The van der Waals surface area contributed by atoms with Crippen molar-refractivity contribution in [2.24, 2.45) is 5.92 Å². The molecule has 1 aromatic rings. The summed E-state index contributed by atoms with van der Waals surface area (Å²) >= 11 is 0. The number of likely N-dealkylation sites (tertiary alicyclic amines) is 1. The van der Waals surface area contributed by atoms with E-state index in [2.05, 4.69) is 17.1 Å². The summed E-state index contributed by atoms with van der Waals surface area (Å²) in [4.78, 5) is 14.7. The van der Waals surface area contributed by atoms with Crippen LogP contribution in [-0.4, -0.2) is 49.4 Å². The summed E-state index contributed by atoms with van der Waals surface area (Å²) < 4.78 is 24.5. The SMILES string of the molecule is CCCCNC(=O)OC1CCN(CCCOc2ccc(F)cc2)C2CCCCC12. The zero-order chi connectivity index (χ0) is 20.5. The Bertz CT molecular complexity index is 625. The van der Waals surface area contributed by atoms with Crippen molar-refractivity contribution in [2.45, 2.75) is 70.4 Å². The smallest absolute Gasteiger partial charge is 0.407 e. The van der Waals surface area contributed by atoms with Crippen LogP contribution in [-0.2, 0) is 4.74 Å². The first-order chi connectivity index (χ1) is 14.2. The number of rotatable bonds is 9. The number of alkyl carbamates (subject to hydrolysis) is 1. The minimum Gasteiger partial charge on any atom is -0.494 e. The Kier molecular flexibility index (Phi) is 8.59. The molecule has 0 spiro atoms. The third-order valence-electron chi connectivity index (χ3n) is 6.16. The highest BCUT2D eigenvalue weighted by atomic mass is 19.1. The van der Waals surface area contributed by atoms with Gasteiger partial charge in [0.25, 0.3) is 0 Å². The van der Waals surface area contributed by atoms with Crippen LogP contribution in [0.4, 0.5) is 9.18 Å². The molecule has 1 aromatic carbocycles. The largest absolute Gasteiger partial charge is 0.494 e. The Labute approximate surface area is 173 Å². The Balaban J connectivity index is 1.44. The van der Waals surface area contributed by atoms with Gasteiger partial charge >= 0.3 is 6.09 Å². The minimum absolute atomic E-state index is 0.0358. The molecule has 29 heavy (non-hydrogen) atoms. The molecule has 1 heterocycles. The zero-order valence-corrected chi connectivity index (χ0v) is 17.6. The predicted octanol–water partition coefficient (Wildman–Crippen LogP) is 4.75. The van der Waals surface area contributed by atoms with Crippen molar-refractivity contribution in [3.63, 3.8) is 0 Å². The van der Waals surface area contributed by atoms with Gasteiger partial charge in [0.15, 0.2) is 0 Å². The van der Waals surface area contributed by atoms with E-state index in [4.69, 9.17) is 9.47 Å². The van der Waals surface area contributed by atoms with Crippen molar-refractivity contribution < 1.29 is 18.7 Å². The molecule has 1 saturated heterocycles. The number of hydrogen-bond donors (Lipinski definition) is 1. The van der Waals surface area contributed by atoms with Crippen LogP contribution in [0.2, 0.25) is 0 Å². The van der Waals surface area contributed by atoms with E-state index >= 15 is 0 Å². The summed E-state index contributed by atoms with van der Waals surface area (Å²) in [5.74, 6) is 0.903. The number of fused-ring (bicyclic) bond motifs is 1. The molecule has 0 aromatic heterocycles. The van der Waals surface area contributed by atoms with Crippen molar-refractivity contribution in [3.8, 4) is 5.75 Å². The van der Waals surface area contributed by atoms with E-state index < -0.39 is 0 Å². The second kappa shape index (κ2) is 11.4. The summed E-state index contributed by atoms with van der Waals surface area (Å²) in [6, 6.07) is 6.68. The fourth-order valence-corrected chi connectivity index (χ4v) is 4.66. The minimum atomic E-state index is -0.256. The molecule has 1 aliphatic heterocycles. The summed E-state index contributed by atoms with van der Waals surface area (Å²) in [7, 11) is 0. The Morgan fingerprint density at radius 3 is 2.76 bits per heavy atom. The molecule has 5 nitrogen and oxygen atoms in total. The summed E-state index contributed by atoms with van der Waals surface area (Å²) in [6.45, 7) is 5.37. The van der Waals surface area contributed by atoms with E-state index in [0.29, 0.717) is 30.9 Å². The quantitative estimate of drug-likeness (QED) is 0.601. The standard InChI is InChI=1S/C23H35FN2O3/c1-2-3-14-25-23(27)29-22-13-16-26(21-8-5-4-7-20(21)22)15-6-17-28-19-11-9-18(24)10-12-19/h9-12,20-22H,2-8,13-17H2,1H3,(H,25,27). The van der Waals surface area contributed by atoms with Crippen LogP contribution in [0.15, 0.2) is 24.3 Å². The van der Waals surface area contributed by atoms with Gasteiger partial charge in [0, 0.05) is 31.6 Å². The van der Waals surface area contributed by atoms with E-state index in [1.807, 2.05) is 0 Å². The number of nitrogens with one attached hydrogen (secondary N) is 1. The maximum atomic E-state index is 13.0. The second-order valence-electron chi connectivity index (χ2n) is 8.22. The molecule has 1 saturated carbocycles. The fourth-order valence-electron chi connectivity index (χ4n) is 4.66. The van der Waals surface area contributed by atoms with Gasteiger partial charge in [-0.2, -0.15) is 0 Å². The lowest BCUT2D eigenvalue weighted by atomic mass is 9.76. The van der Waals surface area contributed by atoms with Crippen LogP contribution in [0, 0.1) is 11.7 Å². The molecule has 3 unspecified atom stereocenters. The molecule has 0 bridgehead atoms. The van der Waals surface area contributed by atoms with Gasteiger partial charge in [-0.05, 0) is 56.4 Å². The number of carbonyl (C=O) groups is 1. The number of amides is 1. The molecular formula is C23H35FN2O3. The highest BCUT2D eigenvalue weighted by molar-refractivity contribution is 5.67. The van der Waals surface area contributed by atoms with E-state index in [9.17, 15) is 9.18 Å². The van der Waals surface area contributed by atoms with E-state index in [-0.39, 0.29) is 18.0 Å². The fraction of sp³-hybridized carbons (Fsp3) is 0.696. The topological polar surface area (TPSA) is 50.8 Å². The molecule has 2 fully saturated rings. The van der Waals surface area contributed by atoms with Gasteiger partial charge in [-0.25, -0.2) is 9.18 Å². The maximum Gasteiger partial charge on any atom is 0.407 e. The number of ether oxygens (including phenoxy) is 2. The summed E-state index contributed by atoms with van der Waals surface area (Å²) in [5.41, 5.74) is 0. The van der Waals surface area contributed by atoms with Gasteiger partial charge in [-0.1, -0.05) is 26.2 Å². The number of benzene rings is 1. The third kappa shape index (κ3) is 6.59. The van der Waals surface area contributed by atoms with Crippen LogP contribution < -0.4 is 10.1 Å². The Morgan fingerprint density at radius 1 is 1.17 bits per heavy atom. The molecule has 1 amide bonds. The lowest BCUT2D eigenvalue weighted by molar-refractivity contribution is -0.0444. The van der Waals surface area contributed by atoms with Crippen molar-refractivity contribution in [2.75, 3.05) is 26.2 Å². The van der Waals surface area contributed by atoms with Crippen molar-refractivity contribution in [1.82, 2.24) is 10.2 Å². The molecule has 1 aliphatic carbocycles. The zero-order valence-electron chi connectivity index (χ0n) is 17.6. The first-order valence-electron chi connectivity index (χ1n) is 11.2. The molecule has 1 N–H and O–H groups in total. The third-order valence-corrected chi connectivity index (χ3v) is 6.16. The predicted molar refractivity (Wildman–Crippen MR) is 112 cm³/mol. The van der Waals surface area contributed by atoms with E-state index in [1.54, 1.807) is 12.1 Å². The number of halogens is 1. The van der Waals surface area contributed by atoms with Crippen molar-refractivity contribution in [1.29, 1.82) is 0 Å². The van der Waals surface area contributed by atoms with Crippen LogP contribution in [0.5, 0.6) is 5.75 Å². The molecule has 6 heteroatoms. The van der Waals surface area contributed by atoms with Gasteiger partial charge in [-0.3, -0.25) is 4.90 Å². The first-order valence-corrected chi connectivity index (χ1v) is 11.2. The van der Waals surface area contributed by atoms with Gasteiger partial charge in [0.2, 0.25) is 0 Å². The lowest BCUT2D eigenvalue weighted by Gasteiger charge is -2.47. The number of carbonyl (C=O) groups excluding carboxylic acids is 1. The molecule has 162 valence electrons. The molecular weight excluding hydrogens is 371 g/mol. The maximum absolute atomic E-state index is 13.0. The van der Waals surface area contributed by atoms with Crippen LogP contribution >= 0.6 is 0 Å². The number of nitrogens with zero attached hydrogens (tertiary/aromatic N) is 1. The highest BCUT2D eigenvalue weighted by Gasteiger charge is 2.40. The molecule has 3 rings (SSSR count). The summed E-state index contributed by atoms with van der Waals surface area (Å²) in [5, 5.41) is 2.88. The summed E-state index contributed by atoms with van der Waals surface area (Å²) in [6.07, 6.45) is 8.46. The molecule has 0 radical (unpaired) electrons. The van der Waals surface area contributed by atoms with Crippen LogP contribution in [0.25, 0.3) is 0 Å². The van der Waals surface area contributed by atoms with Gasteiger partial charge < -0.3 is 14.8 Å². The van der Waals surface area contributed by atoms with Crippen LogP contribution in [0.3, 0.4) is 0 Å². The number of piperidine rings is 1. The lowest BCUT2D eigenvalue weighted by Crippen LogP contribution is -2.54. The normalized spacial score (nSPS) is 24.6. The average Bonchev–Trinajstić information content (AvgIpc) is 2.74.